The van der Waals surface area contributed by atoms with Crippen LogP contribution in [0.4, 0.5) is 0 Å². The summed E-state index contributed by atoms with van der Waals surface area (Å²) in [6.07, 6.45) is 10.8. The van der Waals surface area contributed by atoms with E-state index in [1.807, 2.05) is 56.3 Å². The number of benzene rings is 2. The van der Waals surface area contributed by atoms with Crippen LogP contribution in [0.15, 0.2) is 67.1 Å². The third-order valence-electron chi connectivity index (χ3n) is 6.52. The van der Waals surface area contributed by atoms with Gasteiger partial charge in [-0.25, -0.2) is 0 Å². The van der Waals surface area contributed by atoms with Crippen LogP contribution in [0, 0.1) is 0 Å². The molecule has 0 atom stereocenters. The molecular weight excluding hydrogens is 480 g/mol. The molecule has 4 aromatic rings. The van der Waals surface area contributed by atoms with Crippen molar-refractivity contribution in [3.63, 3.8) is 0 Å². The summed E-state index contributed by atoms with van der Waals surface area (Å²) in [4.78, 5) is 22.4. The SMILES string of the molecule is COc1cc2c(C(=O)c3ccc4c(c3OC)C=CC(C)(C)O4)ccnc2cc1OCCCc1ccncc1. The maximum Gasteiger partial charge on any atom is 0.197 e. The number of ketones is 1. The van der Waals surface area contributed by atoms with Crippen LogP contribution in [0.1, 0.15) is 47.3 Å². The van der Waals surface area contributed by atoms with E-state index in [4.69, 9.17) is 18.9 Å². The van der Waals surface area contributed by atoms with Gasteiger partial charge < -0.3 is 18.9 Å². The first kappa shape index (κ1) is 25.3. The Bertz CT molecular complexity index is 1510. The summed E-state index contributed by atoms with van der Waals surface area (Å²) in [6, 6.07) is 12.9. The van der Waals surface area contributed by atoms with Gasteiger partial charge in [-0.2, -0.15) is 0 Å². The molecule has 7 nitrogen and oxygen atoms in total. The van der Waals surface area contributed by atoms with Crippen LogP contribution in [0.2, 0.25) is 0 Å². The van der Waals surface area contributed by atoms with E-state index in [-0.39, 0.29) is 5.78 Å². The number of hydrogen-bond donors (Lipinski definition) is 0. The molecule has 0 saturated carbocycles. The third-order valence-corrected chi connectivity index (χ3v) is 6.52. The number of methoxy groups -OCH3 is 2. The van der Waals surface area contributed by atoms with Crippen molar-refractivity contribution in [2.75, 3.05) is 20.8 Å². The number of aryl methyl sites for hydroxylation is 1. The van der Waals surface area contributed by atoms with Crippen molar-refractivity contribution < 1.29 is 23.7 Å². The third kappa shape index (κ3) is 5.05. The molecule has 0 saturated heterocycles. The number of nitrogens with zero attached hydrogens (tertiary/aromatic N) is 2. The lowest BCUT2D eigenvalue weighted by Crippen LogP contribution is -2.27. The van der Waals surface area contributed by atoms with Crippen molar-refractivity contribution in [1.29, 1.82) is 0 Å². The van der Waals surface area contributed by atoms with Gasteiger partial charge in [-0.1, -0.05) is 0 Å². The summed E-state index contributed by atoms with van der Waals surface area (Å²) in [6.45, 7) is 4.47. The number of carbonyl (C=O) groups is 1. The van der Waals surface area contributed by atoms with Gasteiger partial charge in [0.05, 0.1) is 37.5 Å². The Hall–Kier alpha value is -4.39. The predicted octanol–water partition coefficient (Wildman–Crippen LogP) is 6.07. The molecule has 0 unspecified atom stereocenters. The molecule has 5 rings (SSSR count). The number of ether oxygens (including phenoxy) is 4. The van der Waals surface area contributed by atoms with E-state index in [0.717, 1.165) is 18.4 Å². The highest BCUT2D eigenvalue weighted by Crippen LogP contribution is 2.40. The molecule has 0 aliphatic carbocycles. The van der Waals surface area contributed by atoms with Crippen LogP contribution in [-0.4, -0.2) is 42.2 Å². The average Bonchev–Trinajstić information content (AvgIpc) is 2.93. The van der Waals surface area contributed by atoms with Gasteiger partial charge in [0, 0.05) is 35.6 Å². The Morgan fingerprint density at radius 2 is 1.76 bits per heavy atom. The minimum Gasteiger partial charge on any atom is -0.495 e. The summed E-state index contributed by atoms with van der Waals surface area (Å²) in [5, 5.41) is 0.672. The molecular formula is C31H30N2O5. The first-order valence-corrected chi connectivity index (χ1v) is 12.5. The highest BCUT2D eigenvalue weighted by Gasteiger charge is 2.27. The van der Waals surface area contributed by atoms with Gasteiger partial charge in [0.1, 0.15) is 17.1 Å². The van der Waals surface area contributed by atoms with E-state index in [1.54, 1.807) is 44.9 Å². The lowest BCUT2D eigenvalue weighted by Gasteiger charge is -2.29. The van der Waals surface area contributed by atoms with E-state index in [2.05, 4.69) is 9.97 Å². The maximum atomic E-state index is 13.8. The summed E-state index contributed by atoms with van der Waals surface area (Å²) >= 11 is 0. The lowest BCUT2D eigenvalue weighted by atomic mass is 9.94. The fourth-order valence-corrected chi connectivity index (χ4v) is 4.61. The second-order valence-electron chi connectivity index (χ2n) is 9.61. The molecule has 3 heterocycles. The maximum absolute atomic E-state index is 13.8. The molecule has 0 fully saturated rings. The molecule has 7 heteroatoms. The topological polar surface area (TPSA) is 79.8 Å². The Kier molecular flexibility index (Phi) is 7.01. The van der Waals surface area contributed by atoms with Gasteiger partial charge in [-0.15, -0.1) is 0 Å². The lowest BCUT2D eigenvalue weighted by molar-refractivity contribution is 0.103. The Balaban J connectivity index is 1.44. The first-order valence-electron chi connectivity index (χ1n) is 12.5. The second-order valence-corrected chi connectivity index (χ2v) is 9.61. The van der Waals surface area contributed by atoms with Gasteiger partial charge >= 0.3 is 0 Å². The van der Waals surface area contributed by atoms with Crippen molar-refractivity contribution in [2.45, 2.75) is 32.3 Å². The molecule has 38 heavy (non-hydrogen) atoms. The zero-order chi connectivity index (χ0) is 26.7. The van der Waals surface area contributed by atoms with Crippen LogP contribution in [0.25, 0.3) is 17.0 Å². The second kappa shape index (κ2) is 10.5. The zero-order valence-electron chi connectivity index (χ0n) is 22.0. The van der Waals surface area contributed by atoms with Crippen LogP contribution in [0.5, 0.6) is 23.0 Å². The van der Waals surface area contributed by atoms with E-state index in [0.29, 0.717) is 51.6 Å². The fraction of sp³-hybridized carbons (Fsp3) is 0.258. The Labute approximate surface area is 222 Å². The fourth-order valence-electron chi connectivity index (χ4n) is 4.61. The van der Waals surface area contributed by atoms with Crippen molar-refractivity contribution in [2.24, 2.45) is 0 Å². The zero-order valence-corrected chi connectivity index (χ0v) is 22.0. The number of pyridine rings is 2. The van der Waals surface area contributed by atoms with Crippen LogP contribution < -0.4 is 18.9 Å². The summed E-state index contributed by atoms with van der Waals surface area (Å²) in [7, 11) is 3.15. The van der Waals surface area contributed by atoms with Gasteiger partial charge in [-0.3, -0.25) is 14.8 Å². The molecule has 0 spiro atoms. The number of rotatable bonds is 9. The molecule has 1 aliphatic heterocycles. The molecule has 194 valence electrons. The van der Waals surface area contributed by atoms with Crippen molar-refractivity contribution in [3.05, 3.63) is 89.4 Å². The minimum absolute atomic E-state index is 0.177. The first-order chi connectivity index (χ1) is 18.4. The van der Waals surface area contributed by atoms with E-state index in [1.165, 1.54) is 5.56 Å². The average molecular weight is 511 g/mol. The van der Waals surface area contributed by atoms with Gasteiger partial charge in [-0.05, 0) is 80.8 Å². The van der Waals surface area contributed by atoms with Crippen LogP contribution in [0.3, 0.4) is 0 Å². The highest BCUT2D eigenvalue weighted by atomic mass is 16.5. The molecule has 1 aliphatic rings. The highest BCUT2D eigenvalue weighted by molar-refractivity contribution is 6.18. The Morgan fingerprint density at radius 1 is 0.947 bits per heavy atom. The summed E-state index contributed by atoms with van der Waals surface area (Å²) in [5.74, 6) is 2.11. The van der Waals surface area contributed by atoms with Crippen molar-refractivity contribution in [1.82, 2.24) is 9.97 Å². The van der Waals surface area contributed by atoms with Gasteiger partial charge in [0.25, 0.3) is 0 Å². The van der Waals surface area contributed by atoms with E-state index in [9.17, 15) is 4.79 Å². The molecule has 0 amide bonds. The molecule has 2 aromatic carbocycles. The number of fused-ring (bicyclic) bond motifs is 2. The minimum atomic E-state index is -0.430. The number of hydrogen-bond acceptors (Lipinski definition) is 7. The smallest absolute Gasteiger partial charge is 0.197 e. The quantitative estimate of drug-likeness (QED) is 0.200. The molecule has 0 N–H and O–H groups in total. The van der Waals surface area contributed by atoms with Gasteiger partial charge in [0.2, 0.25) is 0 Å². The molecule has 0 bridgehead atoms. The number of aromatic nitrogens is 2. The predicted molar refractivity (Wildman–Crippen MR) is 147 cm³/mol. The number of carbonyl (C=O) groups excluding carboxylic acids is 1. The van der Waals surface area contributed by atoms with Crippen molar-refractivity contribution in [3.8, 4) is 23.0 Å². The largest absolute Gasteiger partial charge is 0.495 e. The summed E-state index contributed by atoms with van der Waals surface area (Å²) in [5.41, 5.74) is 3.11. The van der Waals surface area contributed by atoms with Crippen molar-refractivity contribution >= 4 is 22.8 Å². The monoisotopic (exact) mass is 510 g/mol. The Morgan fingerprint density at radius 3 is 2.53 bits per heavy atom. The van der Waals surface area contributed by atoms with Crippen LogP contribution in [-0.2, 0) is 6.42 Å². The molecule has 0 radical (unpaired) electrons. The summed E-state index contributed by atoms with van der Waals surface area (Å²) < 4.78 is 23.4. The molecule has 2 aromatic heterocycles. The van der Waals surface area contributed by atoms with E-state index >= 15 is 0 Å². The normalized spacial score (nSPS) is 13.5. The van der Waals surface area contributed by atoms with Gasteiger partial charge in [0.15, 0.2) is 17.3 Å². The van der Waals surface area contributed by atoms with Crippen LogP contribution >= 0.6 is 0 Å². The van der Waals surface area contributed by atoms with E-state index < -0.39 is 5.60 Å². The standard InChI is InChI=1S/C31H30N2O5/c1-31(2)13-9-22-26(38-31)8-7-23(30(22)36-4)29(34)21-12-16-33-25-19-28(27(35-3)18-24(21)25)37-17-5-6-20-10-14-32-15-11-20/h7-16,18-19H,5-6,17H2,1-4H3.